The maximum absolute atomic E-state index is 11.7. The van der Waals surface area contributed by atoms with E-state index in [0.717, 1.165) is 55.3 Å². The highest BCUT2D eigenvalue weighted by atomic mass is 16.2. The van der Waals surface area contributed by atoms with E-state index >= 15 is 0 Å². The molecule has 28 heavy (non-hydrogen) atoms. The number of hydrogen-bond donors (Lipinski definition) is 0. The molecule has 150 valence electrons. The topological polar surface area (TPSA) is 52.6 Å². The van der Waals surface area contributed by atoms with Crippen LogP contribution in [-0.2, 0) is 11.3 Å². The number of fused-ring (bicyclic) bond motifs is 1. The molecule has 6 heteroatoms. The summed E-state index contributed by atoms with van der Waals surface area (Å²) in [6.45, 7) is 5.58. The van der Waals surface area contributed by atoms with Crippen LogP contribution in [0, 0.1) is 0 Å². The summed E-state index contributed by atoms with van der Waals surface area (Å²) in [7, 11) is 2.21. The number of benzene rings is 1. The van der Waals surface area contributed by atoms with Gasteiger partial charge in [0.15, 0.2) is 0 Å². The summed E-state index contributed by atoms with van der Waals surface area (Å²) in [5.41, 5.74) is 1.01. The van der Waals surface area contributed by atoms with Crippen LogP contribution in [0.15, 0.2) is 24.3 Å². The maximum Gasteiger partial charge on any atom is 0.219 e. The molecule has 2 fully saturated rings. The van der Waals surface area contributed by atoms with Crippen LogP contribution >= 0.6 is 0 Å². The van der Waals surface area contributed by atoms with Gasteiger partial charge in [0.05, 0.1) is 12.1 Å². The molecule has 1 aromatic heterocycles. The number of amides is 1. The first-order valence-corrected chi connectivity index (χ1v) is 10.6. The second-order valence-corrected chi connectivity index (χ2v) is 8.18. The van der Waals surface area contributed by atoms with Crippen molar-refractivity contribution in [3.8, 4) is 0 Å². The SMILES string of the molecule is CC(=O)N1CCN(c2nc(CN(C)C3CCCCC3)nc3ccccc23)CC1. The van der Waals surface area contributed by atoms with Gasteiger partial charge in [-0.25, -0.2) is 9.97 Å². The molecular formula is C22H31N5O. The van der Waals surface area contributed by atoms with Gasteiger partial charge >= 0.3 is 0 Å². The molecule has 1 aliphatic heterocycles. The molecule has 2 heterocycles. The van der Waals surface area contributed by atoms with E-state index in [9.17, 15) is 4.79 Å². The lowest BCUT2D eigenvalue weighted by Gasteiger charge is -2.35. The van der Waals surface area contributed by atoms with Gasteiger partial charge in [-0.3, -0.25) is 9.69 Å². The predicted molar refractivity (Wildman–Crippen MR) is 112 cm³/mol. The monoisotopic (exact) mass is 381 g/mol. The van der Waals surface area contributed by atoms with Crippen molar-refractivity contribution in [2.75, 3.05) is 38.1 Å². The fourth-order valence-electron chi connectivity index (χ4n) is 4.53. The minimum atomic E-state index is 0.155. The van der Waals surface area contributed by atoms with E-state index in [1.807, 2.05) is 11.0 Å². The standard InChI is InChI=1S/C22H31N5O/c1-17(28)26-12-14-27(15-13-26)22-19-10-6-7-11-20(19)23-21(24-22)16-25(2)18-8-4-3-5-9-18/h6-7,10-11,18H,3-5,8-9,12-16H2,1-2H3. The lowest BCUT2D eigenvalue weighted by Crippen LogP contribution is -2.48. The van der Waals surface area contributed by atoms with Gasteiger partial charge < -0.3 is 9.80 Å². The molecule has 2 aromatic rings. The van der Waals surface area contributed by atoms with Crippen LogP contribution in [0.2, 0.25) is 0 Å². The largest absolute Gasteiger partial charge is 0.352 e. The van der Waals surface area contributed by atoms with E-state index in [1.54, 1.807) is 6.92 Å². The number of para-hydroxylation sites is 1. The van der Waals surface area contributed by atoms with Crippen molar-refractivity contribution in [2.24, 2.45) is 0 Å². The van der Waals surface area contributed by atoms with Gasteiger partial charge in [0.1, 0.15) is 11.6 Å². The first-order chi connectivity index (χ1) is 13.6. The Kier molecular flexibility index (Phi) is 5.76. The minimum absolute atomic E-state index is 0.155. The van der Waals surface area contributed by atoms with E-state index in [4.69, 9.17) is 9.97 Å². The molecule has 0 bridgehead atoms. The molecule has 1 aromatic carbocycles. The van der Waals surface area contributed by atoms with Crippen molar-refractivity contribution in [3.05, 3.63) is 30.1 Å². The van der Waals surface area contributed by atoms with Crippen molar-refractivity contribution < 1.29 is 4.79 Å². The summed E-state index contributed by atoms with van der Waals surface area (Å²) >= 11 is 0. The summed E-state index contributed by atoms with van der Waals surface area (Å²) < 4.78 is 0. The van der Waals surface area contributed by atoms with Gasteiger partial charge in [0.25, 0.3) is 0 Å². The Morgan fingerprint density at radius 2 is 1.79 bits per heavy atom. The van der Waals surface area contributed by atoms with Gasteiger partial charge in [0.2, 0.25) is 5.91 Å². The number of piperazine rings is 1. The molecule has 1 amide bonds. The summed E-state index contributed by atoms with van der Waals surface area (Å²) in [5.74, 6) is 2.07. The summed E-state index contributed by atoms with van der Waals surface area (Å²) in [6.07, 6.45) is 6.60. The van der Waals surface area contributed by atoms with E-state index in [1.165, 1.54) is 32.1 Å². The average Bonchev–Trinajstić information content (AvgIpc) is 2.74. The van der Waals surface area contributed by atoms with Gasteiger partial charge in [-0.05, 0) is 32.0 Å². The first-order valence-electron chi connectivity index (χ1n) is 10.6. The van der Waals surface area contributed by atoms with E-state index in [0.29, 0.717) is 6.04 Å². The molecule has 1 saturated heterocycles. The second kappa shape index (κ2) is 8.43. The average molecular weight is 382 g/mol. The normalized spacial score (nSPS) is 18.8. The summed E-state index contributed by atoms with van der Waals surface area (Å²) in [6, 6.07) is 8.93. The fraction of sp³-hybridized carbons (Fsp3) is 0.591. The van der Waals surface area contributed by atoms with Crippen LogP contribution in [0.25, 0.3) is 10.9 Å². The van der Waals surface area contributed by atoms with E-state index in [2.05, 4.69) is 35.0 Å². The van der Waals surface area contributed by atoms with E-state index in [-0.39, 0.29) is 5.91 Å². The lowest BCUT2D eigenvalue weighted by molar-refractivity contribution is -0.129. The summed E-state index contributed by atoms with van der Waals surface area (Å²) in [4.78, 5) is 28.2. The molecule has 0 N–H and O–H groups in total. The molecule has 0 atom stereocenters. The molecular weight excluding hydrogens is 350 g/mol. The predicted octanol–water partition coefficient (Wildman–Crippen LogP) is 3.06. The van der Waals surface area contributed by atoms with Crippen molar-refractivity contribution in [1.82, 2.24) is 19.8 Å². The number of carbonyl (C=O) groups excluding carboxylic acids is 1. The Balaban J connectivity index is 1.58. The molecule has 0 radical (unpaired) electrons. The zero-order chi connectivity index (χ0) is 19.5. The Bertz CT molecular complexity index is 825. The molecule has 0 spiro atoms. The van der Waals surface area contributed by atoms with Gasteiger partial charge in [0, 0.05) is 44.5 Å². The first kappa shape index (κ1) is 19.1. The fourth-order valence-corrected chi connectivity index (χ4v) is 4.53. The van der Waals surface area contributed by atoms with Crippen LogP contribution in [0.3, 0.4) is 0 Å². The van der Waals surface area contributed by atoms with Crippen molar-refractivity contribution >= 4 is 22.6 Å². The highest BCUT2D eigenvalue weighted by Crippen LogP contribution is 2.27. The van der Waals surface area contributed by atoms with Crippen LogP contribution in [0.4, 0.5) is 5.82 Å². The smallest absolute Gasteiger partial charge is 0.219 e. The second-order valence-electron chi connectivity index (χ2n) is 8.18. The molecule has 2 aliphatic rings. The number of anilines is 1. The van der Waals surface area contributed by atoms with Gasteiger partial charge in [-0.1, -0.05) is 31.4 Å². The molecule has 1 saturated carbocycles. The third-order valence-corrected chi connectivity index (χ3v) is 6.24. The highest BCUT2D eigenvalue weighted by molar-refractivity contribution is 5.89. The summed E-state index contributed by atoms with van der Waals surface area (Å²) in [5, 5.41) is 1.10. The van der Waals surface area contributed by atoms with Gasteiger partial charge in [-0.15, -0.1) is 0 Å². The zero-order valence-corrected chi connectivity index (χ0v) is 17.1. The van der Waals surface area contributed by atoms with Crippen LogP contribution in [-0.4, -0.2) is 64.9 Å². The van der Waals surface area contributed by atoms with Gasteiger partial charge in [-0.2, -0.15) is 0 Å². The van der Waals surface area contributed by atoms with Crippen molar-refractivity contribution in [2.45, 2.75) is 51.6 Å². The molecule has 4 rings (SSSR count). The number of carbonyl (C=O) groups is 1. The molecule has 1 aliphatic carbocycles. The molecule has 6 nitrogen and oxygen atoms in total. The number of aromatic nitrogens is 2. The van der Waals surface area contributed by atoms with Crippen LogP contribution < -0.4 is 4.90 Å². The quantitative estimate of drug-likeness (QED) is 0.815. The Morgan fingerprint density at radius 3 is 2.50 bits per heavy atom. The Hall–Kier alpha value is -2.21. The van der Waals surface area contributed by atoms with Crippen molar-refractivity contribution in [3.63, 3.8) is 0 Å². The van der Waals surface area contributed by atoms with Crippen molar-refractivity contribution in [1.29, 1.82) is 0 Å². The Labute approximate surface area is 167 Å². The third kappa shape index (κ3) is 4.12. The number of hydrogen-bond acceptors (Lipinski definition) is 5. The highest BCUT2D eigenvalue weighted by Gasteiger charge is 2.23. The Morgan fingerprint density at radius 1 is 1.07 bits per heavy atom. The lowest BCUT2D eigenvalue weighted by atomic mass is 9.94. The molecule has 0 unspecified atom stereocenters. The maximum atomic E-state index is 11.7. The third-order valence-electron chi connectivity index (χ3n) is 6.24. The number of nitrogens with zero attached hydrogens (tertiary/aromatic N) is 5. The number of rotatable bonds is 4. The van der Waals surface area contributed by atoms with E-state index < -0.39 is 0 Å². The van der Waals surface area contributed by atoms with Crippen LogP contribution in [0.1, 0.15) is 44.9 Å². The minimum Gasteiger partial charge on any atom is -0.352 e. The zero-order valence-electron chi connectivity index (χ0n) is 17.1. The van der Waals surface area contributed by atoms with Crippen LogP contribution in [0.5, 0.6) is 0 Å².